The lowest BCUT2D eigenvalue weighted by atomic mass is 9.95. The predicted octanol–water partition coefficient (Wildman–Crippen LogP) is 11.3. The molecule has 4 nitrogen and oxygen atoms in total. The smallest absolute Gasteiger partial charge is 0.164 e. The second kappa shape index (κ2) is 11.2. The maximum Gasteiger partial charge on any atom is 0.164 e. The number of fused-ring (bicyclic) bond motifs is 5. The van der Waals surface area contributed by atoms with Crippen molar-refractivity contribution < 1.29 is 4.42 Å². The van der Waals surface area contributed by atoms with Gasteiger partial charge in [-0.25, -0.2) is 15.0 Å². The molecule has 0 saturated heterocycles. The zero-order valence-electron chi connectivity index (χ0n) is 25.3. The van der Waals surface area contributed by atoms with Gasteiger partial charge >= 0.3 is 0 Å². The van der Waals surface area contributed by atoms with Crippen LogP contribution in [0.5, 0.6) is 0 Å². The van der Waals surface area contributed by atoms with Crippen molar-refractivity contribution in [3.63, 3.8) is 0 Å². The molecule has 9 aromatic rings. The molecule has 0 bridgehead atoms. The molecule has 0 unspecified atom stereocenters. The van der Waals surface area contributed by atoms with Crippen LogP contribution in [0.1, 0.15) is 0 Å². The highest BCUT2D eigenvalue weighted by Crippen LogP contribution is 2.42. The van der Waals surface area contributed by atoms with E-state index in [9.17, 15) is 0 Å². The number of rotatable bonds is 5. The standard InChI is InChI=1S/C43H27N3O/c1-4-12-28(13-5-1)29-20-22-30(23-21-29)36-26-33-18-10-11-19-35(33)39-37-27-34(24-25-38(37)47-40(36)39)43-45-41(31-14-6-2-7-15-31)44-42(46-43)32-16-8-3-9-17-32/h1-27H. The molecule has 220 valence electrons. The highest BCUT2D eigenvalue weighted by molar-refractivity contribution is 6.22. The van der Waals surface area contributed by atoms with E-state index in [1.165, 1.54) is 11.1 Å². The summed E-state index contributed by atoms with van der Waals surface area (Å²) in [6.07, 6.45) is 0. The molecule has 4 heteroatoms. The number of nitrogens with zero attached hydrogens (tertiary/aromatic N) is 3. The van der Waals surface area contributed by atoms with Crippen molar-refractivity contribution in [2.24, 2.45) is 0 Å². The highest BCUT2D eigenvalue weighted by Gasteiger charge is 2.19. The van der Waals surface area contributed by atoms with Crippen molar-refractivity contribution in [2.75, 3.05) is 0 Å². The molecule has 0 amide bonds. The van der Waals surface area contributed by atoms with E-state index >= 15 is 0 Å². The molecule has 0 radical (unpaired) electrons. The summed E-state index contributed by atoms with van der Waals surface area (Å²) in [5.41, 5.74) is 9.03. The minimum Gasteiger partial charge on any atom is -0.455 e. The van der Waals surface area contributed by atoms with Crippen LogP contribution in [0.3, 0.4) is 0 Å². The summed E-state index contributed by atoms with van der Waals surface area (Å²) < 4.78 is 6.68. The van der Waals surface area contributed by atoms with Crippen LogP contribution in [0.15, 0.2) is 168 Å². The van der Waals surface area contributed by atoms with E-state index in [0.29, 0.717) is 17.5 Å². The molecule has 47 heavy (non-hydrogen) atoms. The van der Waals surface area contributed by atoms with E-state index in [2.05, 4.69) is 84.9 Å². The Bertz CT molecular complexity index is 2480. The maximum absolute atomic E-state index is 6.68. The highest BCUT2D eigenvalue weighted by atomic mass is 16.3. The Labute approximate surface area is 271 Å². The summed E-state index contributed by atoms with van der Waals surface area (Å²) in [7, 11) is 0. The van der Waals surface area contributed by atoms with Crippen LogP contribution in [0.2, 0.25) is 0 Å². The Balaban J connectivity index is 1.24. The van der Waals surface area contributed by atoms with E-state index in [-0.39, 0.29) is 0 Å². The van der Waals surface area contributed by atoms with E-state index < -0.39 is 0 Å². The molecule has 0 aliphatic heterocycles. The molecule has 0 fully saturated rings. The quantitative estimate of drug-likeness (QED) is 0.197. The van der Waals surface area contributed by atoms with Gasteiger partial charge in [0.25, 0.3) is 0 Å². The number of furan rings is 1. The van der Waals surface area contributed by atoms with Crippen molar-refractivity contribution >= 4 is 32.7 Å². The van der Waals surface area contributed by atoms with E-state index in [1.54, 1.807) is 0 Å². The third-order valence-electron chi connectivity index (χ3n) is 8.72. The molecule has 2 aromatic heterocycles. The minimum absolute atomic E-state index is 0.617. The molecular weight excluding hydrogens is 574 g/mol. The Morgan fingerprint density at radius 2 is 0.851 bits per heavy atom. The average Bonchev–Trinajstić information content (AvgIpc) is 3.55. The predicted molar refractivity (Wildman–Crippen MR) is 192 cm³/mol. The Kier molecular flexibility index (Phi) is 6.43. The first-order valence-electron chi connectivity index (χ1n) is 15.7. The average molecular weight is 602 g/mol. The van der Waals surface area contributed by atoms with Gasteiger partial charge in [-0.2, -0.15) is 0 Å². The summed E-state index contributed by atoms with van der Waals surface area (Å²) in [6.45, 7) is 0. The first-order chi connectivity index (χ1) is 23.3. The lowest BCUT2D eigenvalue weighted by Gasteiger charge is -2.09. The zero-order valence-corrected chi connectivity index (χ0v) is 25.3. The molecule has 0 spiro atoms. The monoisotopic (exact) mass is 601 g/mol. The molecule has 9 rings (SSSR count). The van der Waals surface area contributed by atoms with Crippen molar-refractivity contribution in [2.45, 2.75) is 0 Å². The second-order valence-electron chi connectivity index (χ2n) is 11.6. The van der Waals surface area contributed by atoms with Crippen LogP contribution in [0.25, 0.3) is 89.1 Å². The first kappa shape index (κ1) is 27.0. The van der Waals surface area contributed by atoms with Gasteiger partial charge in [-0.3, -0.25) is 0 Å². The zero-order chi connectivity index (χ0) is 31.2. The van der Waals surface area contributed by atoms with Crippen molar-refractivity contribution in [1.29, 1.82) is 0 Å². The van der Waals surface area contributed by atoms with E-state index in [1.807, 2.05) is 78.9 Å². The Morgan fingerprint density at radius 1 is 0.362 bits per heavy atom. The fraction of sp³-hybridized carbons (Fsp3) is 0. The summed E-state index contributed by atoms with van der Waals surface area (Å²) >= 11 is 0. The van der Waals surface area contributed by atoms with Gasteiger partial charge in [-0.15, -0.1) is 0 Å². The van der Waals surface area contributed by atoms with Crippen molar-refractivity contribution in [3.8, 4) is 56.4 Å². The molecular formula is C43H27N3O. The fourth-order valence-corrected chi connectivity index (χ4v) is 6.39. The molecule has 0 saturated carbocycles. The van der Waals surface area contributed by atoms with Crippen LogP contribution < -0.4 is 0 Å². The van der Waals surface area contributed by atoms with Gasteiger partial charge in [0.2, 0.25) is 0 Å². The van der Waals surface area contributed by atoms with Crippen LogP contribution in [-0.2, 0) is 0 Å². The molecule has 0 atom stereocenters. The van der Waals surface area contributed by atoms with E-state index in [0.717, 1.165) is 60.5 Å². The minimum atomic E-state index is 0.617. The Morgan fingerprint density at radius 3 is 1.49 bits per heavy atom. The maximum atomic E-state index is 6.68. The molecule has 0 aliphatic carbocycles. The number of benzene rings is 7. The third-order valence-corrected chi connectivity index (χ3v) is 8.72. The van der Waals surface area contributed by atoms with E-state index in [4.69, 9.17) is 19.4 Å². The topological polar surface area (TPSA) is 51.8 Å². The Hall–Kier alpha value is -6.39. The lowest BCUT2D eigenvalue weighted by molar-refractivity contribution is 0.670. The summed E-state index contributed by atoms with van der Waals surface area (Å²) in [5.74, 6) is 1.89. The SMILES string of the molecule is c1ccc(-c2ccc(-c3cc4ccccc4c4c3oc3ccc(-c5nc(-c6ccccc6)nc(-c6ccccc6)n5)cc34)cc2)cc1. The van der Waals surface area contributed by atoms with Crippen LogP contribution in [0.4, 0.5) is 0 Å². The van der Waals surface area contributed by atoms with Gasteiger partial charge in [0.15, 0.2) is 17.5 Å². The van der Waals surface area contributed by atoms with Crippen LogP contribution in [0, 0.1) is 0 Å². The second-order valence-corrected chi connectivity index (χ2v) is 11.6. The number of aromatic nitrogens is 3. The summed E-state index contributed by atoms with van der Waals surface area (Å²) in [5, 5.41) is 4.42. The van der Waals surface area contributed by atoms with Crippen LogP contribution in [-0.4, -0.2) is 15.0 Å². The van der Waals surface area contributed by atoms with Gasteiger partial charge < -0.3 is 4.42 Å². The van der Waals surface area contributed by atoms with Crippen molar-refractivity contribution in [3.05, 3.63) is 164 Å². The fourth-order valence-electron chi connectivity index (χ4n) is 6.39. The molecule has 7 aromatic carbocycles. The summed E-state index contributed by atoms with van der Waals surface area (Å²) in [4.78, 5) is 14.8. The number of hydrogen-bond donors (Lipinski definition) is 0. The third kappa shape index (κ3) is 4.84. The van der Waals surface area contributed by atoms with Crippen LogP contribution >= 0.6 is 0 Å². The van der Waals surface area contributed by atoms with Crippen molar-refractivity contribution in [1.82, 2.24) is 15.0 Å². The van der Waals surface area contributed by atoms with Gasteiger partial charge in [0.05, 0.1) is 0 Å². The lowest BCUT2D eigenvalue weighted by Crippen LogP contribution is -2.00. The van der Waals surface area contributed by atoms with Gasteiger partial charge in [-0.05, 0) is 51.7 Å². The molecule has 0 aliphatic rings. The molecule has 2 heterocycles. The number of hydrogen-bond acceptors (Lipinski definition) is 4. The largest absolute Gasteiger partial charge is 0.455 e. The van der Waals surface area contributed by atoms with Gasteiger partial charge in [0.1, 0.15) is 11.2 Å². The van der Waals surface area contributed by atoms with Gasteiger partial charge in [0, 0.05) is 33.0 Å². The van der Waals surface area contributed by atoms with Gasteiger partial charge in [-0.1, -0.05) is 140 Å². The normalized spacial score (nSPS) is 11.4. The molecule has 0 N–H and O–H groups in total. The summed E-state index contributed by atoms with van der Waals surface area (Å²) in [6, 6.07) is 56.3. The first-order valence-corrected chi connectivity index (χ1v) is 15.7.